The molecule has 0 aliphatic carbocycles. The fourth-order valence-electron chi connectivity index (χ4n) is 12.5. The van der Waals surface area contributed by atoms with Crippen LogP contribution in [0.2, 0.25) is 0 Å². The maximum absolute atomic E-state index is 14.7. The van der Waals surface area contributed by atoms with Crippen molar-refractivity contribution < 1.29 is 135 Å². The molecule has 0 aromatic carbocycles. The highest BCUT2D eigenvalue weighted by atomic mass is 16.7. The van der Waals surface area contributed by atoms with Gasteiger partial charge < -0.3 is 135 Å². The molecule has 1 amide bonds. The third kappa shape index (κ3) is 23.1. The number of hydrogen-bond acceptors (Lipinski definition) is 29. The van der Waals surface area contributed by atoms with E-state index < -0.39 is 228 Å². The summed E-state index contributed by atoms with van der Waals surface area (Å²) in [5.41, 5.74) is 0. The lowest BCUT2D eigenvalue weighted by atomic mass is 9.81. The van der Waals surface area contributed by atoms with E-state index in [1.165, 1.54) is 17.9 Å². The first-order chi connectivity index (χ1) is 45.0. The smallest absolute Gasteiger partial charge is 0.308 e. The number of piperazine rings is 1. The number of allylic oxidation sites excluding steroid dienone is 12. The number of nitrogens with one attached hydrogen (secondary N) is 1. The van der Waals surface area contributed by atoms with Crippen molar-refractivity contribution in [3.8, 4) is 0 Å². The van der Waals surface area contributed by atoms with Gasteiger partial charge in [0.15, 0.2) is 18.4 Å². The van der Waals surface area contributed by atoms with Crippen LogP contribution >= 0.6 is 0 Å². The van der Waals surface area contributed by atoms with E-state index >= 15 is 0 Å². The van der Waals surface area contributed by atoms with Crippen LogP contribution in [0.25, 0.3) is 0 Å². The van der Waals surface area contributed by atoms with Crippen molar-refractivity contribution in [1.29, 1.82) is 0 Å². The molecule has 3 unspecified atom stereocenters. The predicted molar refractivity (Wildman–Crippen MR) is 335 cm³/mol. The van der Waals surface area contributed by atoms with E-state index in [-0.39, 0.29) is 44.9 Å². The first kappa shape index (κ1) is 80.1. The van der Waals surface area contributed by atoms with Crippen molar-refractivity contribution in [1.82, 2.24) is 15.1 Å². The Hall–Kier alpha value is -3.92. The molecule has 0 radical (unpaired) electrons. The summed E-state index contributed by atoms with van der Waals surface area (Å²) in [7, 11) is 0. The largest absolute Gasteiger partial charge is 0.462 e. The molecule has 19 N–H and O–H groups in total. The molecule has 0 aromatic heterocycles. The lowest BCUT2D eigenvalue weighted by Crippen LogP contribution is -2.70. The van der Waals surface area contributed by atoms with Crippen molar-refractivity contribution in [2.75, 3.05) is 59.1 Å². The Kier molecular flexibility index (Phi) is 32.1. The minimum atomic E-state index is -2.68. The highest BCUT2D eigenvalue weighted by Crippen LogP contribution is 2.40. The molecule has 28 atom stereocenters. The zero-order valence-corrected chi connectivity index (χ0v) is 54.2. The number of esters is 1. The second kappa shape index (κ2) is 38.0. The Morgan fingerprint density at radius 1 is 0.611 bits per heavy atom. The summed E-state index contributed by atoms with van der Waals surface area (Å²) in [6.45, 7) is 5.64. The maximum Gasteiger partial charge on any atom is 0.308 e. The van der Waals surface area contributed by atoms with Crippen LogP contribution in [0.4, 0.5) is 0 Å². The van der Waals surface area contributed by atoms with E-state index in [0.717, 1.165) is 0 Å². The Morgan fingerprint density at radius 2 is 1.22 bits per heavy atom. The zero-order chi connectivity index (χ0) is 69.9. The average molecular weight is 1360 g/mol. The number of carbonyl (C=O) groups excluding carboxylic acids is 2. The van der Waals surface area contributed by atoms with E-state index in [4.69, 9.17) is 33.2 Å². The molecule has 542 valence electrons. The summed E-state index contributed by atoms with van der Waals surface area (Å²) in [6.07, 6.45) is -13.8. The fraction of sp³-hybridized carbons (Fsp3) is 0.754. The lowest BCUT2D eigenvalue weighted by molar-refractivity contribution is -0.368. The SMILES string of the molecule is CC1[C@H](C)OC(=O)C[C@H](O)C[C@H](O)CC[C@@H](O)[C@H](O)C[C@H](O)C[C@]2(O)C[C@H](O)C(C(=O)N3CCN(CCO)CC3)C(C[C@@H](O[C@@H]3O[C@H](C)[C@@H](O)[C@H](NC[C@@]4(O)OC[C@@H](O)[C@@H](O[C@@H]5O[C@H](CO)[C@H](O)[C@H](O)[C@H]5O)[C@@H]4O)[C@@H]3O)C=CC=CC=CC=CC=CC=CC=C[C@H](C)[C@H]1O)O2. The van der Waals surface area contributed by atoms with Crippen molar-refractivity contribution in [3.05, 3.63) is 85.1 Å². The van der Waals surface area contributed by atoms with Crippen LogP contribution in [0, 0.1) is 17.8 Å². The molecule has 0 spiro atoms. The predicted octanol–water partition coefficient (Wildman–Crippen LogP) is -4.98. The van der Waals surface area contributed by atoms with Gasteiger partial charge in [0.1, 0.15) is 54.9 Å². The van der Waals surface area contributed by atoms with Gasteiger partial charge in [0.2, 0.25) is 11.7 Å². The molecule has 95 heavy (non-hydrogen) atoms. The minimum absolute atomic E-state index is 0.121. The molecule has 5 saturated heterocycles. The van der Waals surface area contributed by atoms with Crippen LogP contribution in [-0.2, 0) is 42.7 Å². The molecule has 30 heteroatoms. The van der Waals surface area contributed by atoms with Crippen LogP contribution in [0.15, 0.2) is 85.1 Å². The standard InChI is InChI=1S/C65H105N3O27/c1-36-17-15-13-11-9-7-5-6-8-10-12-14-16-18-43(92-62-56(82)52(54(80)39(4)91-62)66-35-65(88)60(85)59(47(77)34-89-65)94-63-58(84)57(83)55(81)49(33-70)93-63)30-48-51(61(86)68-23-21-67(22-24-68)25-26-69)46(76)32-64(87,95-48)31-42(73)28-45(75)44(74)20-19-40(71)27-41(72)29-50(78)90-38(3)37(2)53(36)79/h5-18,36-49,51-60,62-63,66,69-77,79-85,87-88H,19-35H2,1-4H3/t36-,37?,38-,39+,40+,41+,42-,43-,44+,45+,46-,47+,48?,49+,51?,52-,53+,54+,55-,56-,57-,58+,59+,60-,62-,63-,64+,65+/m0/s1. The number of carbonyl (C=O) groups is 2. The van der Waals surface area contributed by atoms with Crippen LogP contribution in [0.3, 0.4) is 0 Å². The molecule has 6 heterocycles. The molecule has 2 bridgehead atoms. The molecule has 5 fully saturated rings. The van der Waals surface area contributed by atoms with Gasteiger partial charge in [-0.3, -0.25) is 14.5 Å². The zero-order valence-electron chi connectivity index (χ0n) is 54.2. The summed E-state index contributed by atoms with van der Waals surface area (Å²) in [5, 5.41) is 201. The summed E-state index contributed by atoms with van der Waals surface area (Å²) in [6, 6.07) is -1.48. The summed E-state index contributed by atoms with van der Waals surface area (Å²) < 4.78 is 41.0. The van der Waals surface area contributed by atoms with Crippen LogP contribution in [0.1, 0.15) is 79.1 Å². The van der Waals surface area contributed by atoms with E-state index in [0.29, 0.717) is 19.6 Å². The van der Waals surface area contributed by atoms with Gasteiger partial charge in [-0.05, 0) is 33.1 Å². The number of rotatable bonds is 11. The van der Waals surface area contributed by atoms with E-state index in [1.807, 2.05) is 11.8 Å². The number of β-amino-alcohol motifs (C(OH)–C–C–N with tert-alkyl or cyclic N) is 1. The number of aliphatic hydroxyl groups is 18. The quantitative estimate of drug-likeness (QED) is 0.0862. The van der Waals surface area contributed by atoms with Gasteiger partial charge in [0.05, 0.1) is 112 Å². The number of cyclic esters (lactones) is 1. The normalized spacial score (nSPS) is 43.6. The van der Waals surface area contributed by atoms with Crippen LogP contribution < -0.4 is 5.32 Å². The lowest BCUT2D eigenvalue weighted by Gasteiger charge is -2.48. The Morgan fingerprint density at radius 3 is 1.84 bits per heavy atom. The van der Waals surface area contributed by atoms with Gasteiger partial charge in [-0.1, -0.05) is 98.9 Å². The van der Waals surface area contributed by atoms with E-state index in [2.05, 4.69) is 5.32 Å². The van der Waals surface area contributed by atoms with E-state index in [9.17, 15) is 102 Å². The third-order valence-electron chi connectivity index (χ3n) is 18.5. The Balaban J connectivity index is 1.27. The van der Waals surface area contributed by atoms with E-state index in [1.54, 1.807) is 92.8 Å². The second-order valence-electron chi connectivity index (χ2n) is 25.9. The molecular formula is C65H105N3O27. The number of ether oxygens (including phenoxy) is 7. The number of fused-ring (bicyclic) bond motifs is 2. The van der Waals surface area contributed by atoms with Gasteiger partial charge in [0, 0.05) is 70.2 Å². The second-order valence-corrected chi connectivity index (χ2v) is 25.9. The summed E-state index contributed by atoms with van der Waals surface area (Å²) >= 11 is 0. The molecule has 6 rings (SSSR count). The van der Waals surface area contributed by atoms with Crippen molar-refractivity contribution in [2.24, 2.45) is 17.8 Å². The highest BCUT2D eigenvalue weighted by Gasteiger charge is 2.56. The van der Waals surface area contributed by atoms with Crippen molar-refractivity contribution >= 4 is 11.9 Å². The van der Waals surface area contributed by atoms with Gasteiger partial charge in [0.25, 0.3) is 0 Å². The fourth-order valence-corrected chi connectivity index (χ4v) is 12.5. The Labute approximate surface area is 553 Å². The third-order valence-corrected chi connectivity index (χ3v) is 18.5. The summed E-state index contributed by atoms with van der Waals surface area (Å²) in [5.74, 6) is -8.68. The van der Waals surface area contributed by atoms with Gasteiger partial charge in [-0.25, -0.2) is 0 Å². The van der Waals surface area contributed by atoms with Gasteiger partial charge in [-0.2, -0.15) is 0 Å². The monoisotopic (exact) mass is 1360 g/mol. The Bertz CT molecular complexity index is 2540. The maximum atomic E-state index is 14.7. The molecule has 6 aliphatic rings. The number of aliphatic hydroxyl groups excluding tert-OH is 16. The molecule has 0 saturated carbocycles. The summed E-state index contributed by atoms with van der Waals surface area (Å²) in [4.78, 5) is 31.0. The molecule has 30 nitrogen and oxygen atoms in total. The first-order valence-corrected chi connectivity index (χ1v) is 32.7. The van der Waals surface area contributed by atoms with Gasteiger partial charge >= 0.3 is 5.97 Å². The minimum Gasteiger partial charge on any atom is -0.462 e. The number of nitrogens with zero attached hydrogens (tertiary/aromatic N) is 2. The van der Waals surface area contributed by atoms with Gasteiger partial charge in [-0.15, -0.1) is 0 Å². The highest BCUT2D eigenvalue weighted by molar-refractivity contribution is 5.80. The van der Waals surface area contributed by atoms with Crippen molar-refractivity contribution in [3.63, 3.8) is 0 Å². The molecule has 6 aliphatic heterocycles. The number of hydrogen-bond donors (Lipinski definition) is 19. The average Bonchev–Trinajstić information content (AvgIpc) is 0.786. The number of amides is 1. The van der Waals surface area contributed by atoms with Crippen LogP contribution in [0.5, 0.6) is 0 Å². The molecule has 0 aromatic rings. The molecular weight excluding hydrogens is 1250 g/mol. The van der Waals surface area contributed by atoms with Crippen molar-refractivity contribution in [2.45, 2.75) is 231 Å². The first-order valence-electron chi connectivity index (χ1n) is 32.7. The topological polar surface area (TPSA) is 481 Å². The van der Waals surface area contributed by atoms with Crippen LogP contribution in [-0.4, -0.2) is 325 Å².